The first-order valence-corrected chi connectivity index (χ1v) is 12.5. The molecule has 0 saturated carbocycles. The van der Waals surface area contributed by atoms with Crippen LogP contribution in [-0.2, 0) is 16.0 Å². The van der Waals surface area contributed by atoms with E-state index in [0.29, 0.717) is 11.1 Å². The Morgan fingerprint density at radius 2 is 1.44 bits per heavy atom. The average molecular weight is 483 g/mol. The fourth-order valence-corrected chi connectivity index (χ4v) is 4.23. The molecule has 1 aliphatic heterocycles. The Morgan fingerprint density at radius 3 is 2.14 bits per heavy atom. The average Bonchev–Trinajstić information content (AvgIpc) is 3.26. The summed E-state index contributed by atoms with van der Waals surface area (Å²) in [5.41, 5.74) is 4.44. The predicted molar refractivity (Wildman–Crippen MR) is 143 cm³/mol. The zero-order valence-electron chi connectivity index (χ0n) is 20.5. The monoisotopic (exact) mass is 482 g/mol. The molecule has 0 amide bonds. The van der Waals surface area contributed by atoms with Crippen molar-refractivity contribution in [3.8, 4) is 11.1 Å². The summed E-state index contributed by atoms with van der Waals surface area (Å²) in [7, 11) is 0. The molecule has 3 aromatic carbocycles. The van der Waals surface area contributed by atoms with E-state index in [0.717, 1.165) is 17.5 Å². The van der Waals surface area contributed by atoms with Gasteiger partial charge in [0.25, 0.3) is 5.69 Å². The molecule has 0 aliphatic carbocycles. The van der Waals surface area contributed by atoms with E-state index < -0.39 is 10.9 Å². The van der Waals surface area contributed by atoms with E-state index in [1.165, 1.54) is 56.2 Å². The minimum atomic E-state index is -0.631. The SMILES string of the molecule is CCCCCCCCc1ccc(-c2ccc(C3=NC(=Cc4ccccc4[N+](=O)[O-])C(=O)O3)cc2)cc1. The molecule has 0 spiro atoms. The van der Waals surface area contributed by atoms with Gasteiger partial charge in [-0.25, -0.2) is 9.79 Å². The van der Waals surface area contributed by atoms with Gasteiger partial charge in [0.15, 0.2) is 5.70 Å². The number of para-hydroxylation sites is 1. The largest absolute Gasteiger partial charge is 0.402 e. The fourth-order valence-electron chi connectivity index (χ4n) is 4.23. The van der Waals surface area contributed by atoms with Crippen LogP contribution in [0.5, 0.6) is 0 Å². The van der Waals surface area contributed by atoms with Crippen LogP contribution in [0.25, 0.3) is 17.2 Å². The molecule has 6 nitrogen and oxygen atoms in total. The number of hydrogen-bond acceptors (Lipinski definition) is 5. The summed E-state index contributed by atoms with van der Waals surface area (Å²) < 4.78 is 5.34. The highest BCUT2D eigenvalue weighted by molar-refractivity contribution is 6.13. The van der Waals surface area contributed by atoms with Crippen molar-refractivity contribution < 1.29 is 14.5 Å². The second-order valence-electron chi connectivity index (χ2n) is 8.94. The third kappa shape index (κ3) is 6.33. The van der Waals surface area contributed by atoms with Crippen molar-refractivity contribution in [2.75, 3.05) is 0 Å². The van der Waals surface area contributed by atoms with Gasteiger partial charge in [0.2, 0.25) is 5.90 Å². The third-order valence-electron chi connectivity index (χ3n) is 6.28. The normalized spacial score (nSPS) is 14.1. The Kier molecular flexibility index (Phi) is 8.40. The zero-order valence-corrected chi connectivity index (χ0v) is 20.5. The number of aryl methyl sites for hydroxylation is 1. The molecular weight excluding hydrogens is 452 g/mol. The smallest absolute Gasteiger partial charge is 0.363 e. The van der Waals surface area contributed by atoms with Crippen LogP contribution in [0.15, 0.2) is 83.5 Å². The van der Waals surface area contributed by atoms with E-state index >= 15 is 0 Å². The Labute approximate surface area is 211 Å². The van der Waals surface area contributed by atoms with Gasteiger partial charge in [0.05, 0.1) is 10.5 Å². The number of aliphatic imine (C=N–C) groups is 1. The lowest BCUT2D eigenvalue weighted by Crippen LogP contribution is -2.05. The van der Waals surface area contributed by atoms with E-state index in [1.807, 2.05) is 24.3 Å². The molecule has 6 heteroatoms. The Hall–Kier alpha value is -4.06. The maximum atomic E-state index is 12.3. The Bertz CT molecular complexity index is 1280. The number of rotatable bonds is 11. The van der Waals surface area contributed by atoms with Crippen LogP contribution in [0.1, 0.15) is 62.1 Å². The van der Waals surface area contributed by atoms with Crippen LogP contribution in [0.3, 0.4) is 0 Å². The number of nitrogens with zero attached hydrogens (tertiary/aromatic N) is 2. The van der Waals surface area contributed by atoms with Crippen LogP contribution in [0.4, 0.5) is 5.69 Å². The number of esters is 1. The number of cyclic esters (lactones) is 1. The van der Waals surface area contributed by atoms with Gasteiger partial charge in [0.1, 0.15) is 0 Å². The molecule has 0 atom stereocenters. The van der Waals surface area contributed by atoms with Crippen LogP contribution in [0.2, 0.25) is 0 Å². The van der Waals surface area contributed by atoms with Crippen molar-refractivity contribution in [3.63, 3.8) is 0 Å². The second kappa shape index (κ2) is 12.1. The minimum absolute atomic E-state index is 0.0318. The van der Waals surface area contributed by atoms with Crippen LogP contribution >= 0.6 is 0 Å². The number of benzene rings is 3. The molecule has 184 valence electrons. The zero-order chi connectivity index (χ0) is 25.3. The van der Waals surface area contributed by atoms with Gasteiger partial charge < -0.3 is 4.74 Å². The molecule has 1 aliphatic rings. The van der Waals surface area contributed by atoms with Gasteiger partial charge >= 0.3 is 5.97 Å². The summed E-state index contributed by atoms with van der Waals surface area (Å²) in [5, 5.41) is 11.2. The summed E-state index contributed by atoms with van der Waals surface area (Å²) in [4.78, 5) is 27.4. The van der Waals surface area contributed by atoms with E-state index in [-0.39, 0.29) is 17.3 Å². The first kappa shape index (κ1) is 25.0. The Balaban J connectivity index is 1.41. The number of carbonyl (C=O) groups excluding carboxylic acids is 1. The van der Waals surface area contributed by atoms with Gasteiger partial charge in [-0.05, 0) is 53.8 Å². The molecule has 0 bridgehead atoms. The van der Waals surface area contributed by atoms with Crippen LogP contribution in [-0.4, -0.2) is 16.8 Å². The molecule has 0 saturated heterocycles. The lowest BCUT2D eigenvalue weighted by atomic mass is 10.00. The number of unbranched alkanes of at least 4 members (excludes halogenated alkanes) is 5. The van der Waals surface area contributed by atoms with Gasteiger partial charge in [-0.3, -0.25) is 10.1 Å². The van der Waals surface area contributed by atoms with Crippen molar-refractivity contribution in [1.82, 2.24) is 0 Å². The van der Waals surface area contributed by atoms with Gasteiger partial charge in [0, 0.05) is 11.6 Å². The highest BCUT2D eigenvalue weighted by Gasteiger charge is 2.25. The molecule has 0 unspecified atom stereocenters. The summed E-state index contributed by atoms with van der Waals surface area (Å²) in [6.07, 6.45) is 10.3. The van der Waals surface area contributed by atoms with E-state index in [9.17, 15) is 14.9 Å². The Morgan fingerprint density at radius 1 is 0.833 bits per heavy atom. The number of hydrogen-bond donors (Lipinski definition) is 0. The molecule has 0 radical (unpaired) electrons. The van der Waals surface area contributed by atoms with E-state index in [4.69, 9.17) is 4.74 Å². The molecule has 0 aromatic heterocycles. The topological polar surface area (TPSA) is 81.8 Å². The molecular formula is C30H30N2O4. The highest BCUT2D eigenvalue weighted by Crippen LogP contribution is 2.26. The van der Waals surface area contributed by atoms with Crippen molar-refractivity contribution in [3.05, 3.63) is 105 Å². The highest BCUT2D eigenvalue weighted by atomic mass is 16.6. The molecule has 0 N–H and O–H groups in total. The molecule has 4 rings (SSSR count). The van der Waals surface area contributed by atoms with Crippen molar-refractivity contribution in [1.29, 1.82) is 0 Å². The predicted octanol–water partition coefficient (Wildman–Crippen LogP) is 7.51. The van der Waals surface area contributed by atoms with Crippen molar-refractivity contribution >= 4 is 23.6 Å². The maximum Gasteiger partial charge on any atom is 0.363 e. The number of ether oxygens (including phenoxy) is 1. The first-order valence-electron chi connectivity index (χ1n) is 12.5. The first-order chi connectivity index (χ1) is 17.5. The number of nitro groups is 1. The number of carbonyl (C=O) groups is 1. The fraction of sp³-hybridized carbons (Fsp3) is 0.267. The van der Waals surface area contributed by atoms with Gasteiger partial charge in [-0.2, -0.15) is 0 Å². The lowest BCUT2D eigenvalue weighted by molar-refractivity contribution is -0.385. The molecule has 36 heavy (non-hydrogen) atoms. The van der Waals surface area contributed by atoms with Crippen molar-refractivity contribution in [2.45, 2.75) is 51.9 Å². The molecule has 3 aromatic rings. The maximum absolute atomic E-state index is 12.3. The second-order valence-corrected chi connectivity index (χ2v) is 8.94. The van der Waals surface area contributed by atoms with Crippen molar-refractivity contribution in [2.24, 2.45) is 4.99 Å². The lowest BCUT2D eigenvalue weighted by Gasteiger charge is -2.06. The molecule has 1 heterocycles. The summed E-state index contributed by atoms with van der Waals surface area (Å²) >= 11 is 0. The minimum Gasteiger partial charge on any atom is -0.402 e. The van der Waals surface area contributed by atoms with Gasteiger partial charge in [-0.1, -0.05) is 87.6 Å². The van der Waals surface area contributed by atoms with E-state index in [1.54, 1.807) is 18.2 Å². The quantitative estimate of drug-likeness (QED) is 0.0931. The standard InChI is InChI=1S/C30H30N2O4/c1-2-3-4-5-6-7-10-22-13-15-23(16-14-22)24-17-19-25(20-18-24)29-31-27(30(33)36-29)21-26-11-8-9-12-28(26)32(34)35/h8-9,11-21H,2-7,10H2,1H3. The summed E-state index contributed by atoms with van der Waals surface area (Å²) in [6, 6.07) is 22.5. The third-order valence-corrected chi connectivity index (χ3v) is 6.28. The van der Waals surface area contributed by atoms with Crippen LogP contribution < -0.4 is 0 Å². The summed E-state index contributed by atoms with van der Waals surface area (Å²) in [6.45, 7) is 2.24. The van der Waals surface area contributed by atoms with E-state index in [2.05, 4.69) is 36.2 Å². The molecule has 0 fully saturated rings. The number of nitro benzene ring substituents is 1. The van der Waals surface area contributed by atoms with Gasteiger partial charge in [-0.15, -0.1) is 0 Å². The van der Waals surface area contributed by atoms with Crippen LogP contribution in [0, 0.1) is 10.1 Å². The summed E-state index contributed by atoms with van der Waals surface area (Å²) in [5.74, 6) is -0.446.